The second-order valence-corrected chi connectivity index (χ2v) is 12.8. The van der Waals surface area contributed by atoms with Crippen LogP contribution in [0.1, 0.15) is 70.6 Å². The maximum Gasteiger partial charge on any atom is 0.314 e. The van der Waals surface area contributed by atoms with Gasteiger partial charge in [-0.2, -0.15) is 0 Å². The molecule has 0 radical (unpaired) electrons. The molecule has 0 aromatic heterocycles. The van der Waals surface area contributed by atoms with Gasteiger partial charge in [-0.3, -0.25) is 14.5 Å². The molecule has 5 rings (SSSR count). The van der Waals surface area contributed by atoms with Crippen molar-refractivity contribution in [2.24, 2.45) is 5.41 Å². The number of likely N-dealkylation sites (tertiary alicyclic amines) is 1. The number of rotatable bonds is 13. The highest BCUT2D eigenvalue weighted by Gasteiger charge is 2.24. The average Bonchev–Trinajstić information content (AvgIpc) is 3.74. The Labute approximate surface area is 277 Å². The standard InChI is InChI=1S/C38H45NO8/c1-6-33(29-13-18-34-35(21-29)45-25-44-34)36(28-11-16-31(17-12-28)43-24-46-37(41)38(3,4)5)27-9-14-30(15-10-27)42-23-32(47-26(2)40)22-39-19-7-8-20-39/h9-18,21,32H,6-8,19-20,22-25H2,1-5H3. The summed E-state index contributed by atoms with van der Waals surface area (Å²) in [5.74, 6) is 2.12. The van der Waals surface area contributed by atoms with Gasteiger partial charge in [-0.15, -0.1) is 0 Å². The van der Waals surface area contributed by atoms with Gasteiger partial charge in [0.05, 0.1) is 5.41 Å². The summed E-state index contributed by atoms with van der Waals surface area (Å²) in [6.45, 7) is 12.0. The number of fused-ring (bicyclic) bond motifs is 1. The molecule has 0 aliphatic carbocycles. The summed E-state index contributed by atoms with van der Waals surface area (Å²) in [6.07, 6.45) is 2.75. The van der Waals surface area contributed by atoms with Gasteiger partial charge in [0, 0.05) is 13.5 Å². The molecule has 0 saturated carbocycles. The van der Waals surface area contributed by atoms with Crippen LogP contribution >= 0.6 is 0 Å². The smallest absolute Gasteiger partial charge is 0.314 e. The first kappa shape index (κ1) is 33.9. The molecule has 9 heteroatoms. The minimum atomic E-state index is -0.601. The number of esters is 2. The van der Waals surface area contributed by atoms with Crippen LogP contribution in [0.25, 0.3) is 11.1 Å². The number of nitrogens with zero attached hydrogens (tertiary/aromatic N) is 1. The summed E-state index contributed by atoms with van der Waals surface area (Å²) in [5, 5.41) is 0. The second-order valence-electron chi connectivity index (χ2n) is 12.8. The Balaban J connectivity index is 1.39. The van der Waals surface area contributed by atoms with Gasteiger partial charge < -0.3 is 28.4 Å². The lowest BCUT2D eigenvalue weighted by Crippen LogP contribution is -2.36. The van der Waals surface area contributed by atoms with Gasteiger partial charge in [0.15, 0.2) is 11.5 Å². The molecule has 3 aromatic carbocycles. The van der Waals surface area contributed by atoms with Crippen LogP contribution in [0.15, 0.2) is 66.7 Å². The Morgan fingerprint density at radius 2 is 1.43 bits per heavy atom. The van der Waals surface area contributed by atoms with Gasteiger partial charge in [0.1, 0.15) is 24.2 Å². The number of benzene rings is 3. The molecule has 2 heterocycles. The van der Waals surface area contributed by atoms with E-state index in [1.54, 1.807) is 20.8 Å². The fourth-order valence-corrected chi connectivity index (χ4v) is 5.73. The fourth-order valence-electron chi connectivity index (χ4n) is 5.73. The number of carbonyl (C=O) groups excluding carboxylic acids is 2. The van der Waals surface area contributed by atoms with Crippen LogP contribution < -0.4 is 18.9 Å². The van der Waals surface area contributed by atoms with Crippen molar-refractivity contribution in [3.8, 4) is 23.0 Å². The molecule has 3 aromatic rings. The van der Waals surface area contributed by atoms with E-state index in [2.05, 4.69) is 17.9 Å². The summed E-state index contributed by atoms with van der Waals surface area (Å²) >= 11 is 0. The summed E-state index contributed by atoms with van der Waals surface area (Å²) in [5.41, 5.74) is 4.62. The van der Waals surface area contributed by atoms with E-state index in [0.29, 0.717) is 18.0 Å². The Bertz CT molecular complexity index is 1550. The van der Waals surface area contributed by atoms with Crippen LogP contribution in [-0.4, -0.2) is 62.8 Å². The Morgan fingerprint density at radius 3 is 2.02 bits per heavy atom. The quantitative estimate of drug-likeness (QED) is 0.110. The molecule has 0 amide bonds. The molecule has 0 bridgehead atoms. The molecule has 1 saturated heterocycles. The van der Waals surface area contributed by atoms with Gasteiger partial charge >= 0.3 is 11.9 Å². The van der Waals surface area contributed by atoms with Crippen molar-refractivity contribution in [3.63, 3.8) is 0 Å². The van der Waals surface area contributed by atoms with Crippen molar-refractivity contribution < 1.29 is 38.0 Å². The largest absolute Gasteiger partial charge is 0.490 e. The average molecular weight is 644 g/mol. The first-order valence-electron chi connectivity index (χ1n) is 16.3. The van der Waals surface area contributed by atoms with Crippen molar-refractivity contribution in [2.45, 2.75) is 60.0 Å². The third-order valence-corrected chi connectivity index (χ3v) is 8.12. The van der Waals surface area contributed by atoms with E-state index in [4.69, 9.17) is 28.4 Å². The molecule has 9 nitrogen and oxygen atoms in total. The van der Waals surface area contributed by atoms with Crippen molar-refractivity contribution in [1.29, 1.82) is 0 Å². The van der Waals surface area contributed by atoms with E-state index in [-0.39, 0.29) is 38.2 Å². The molecule has 0 N–H and O–H groups in total. The van der Waals surface area contributed by atoms with E-state index < -0.39 is 5.41 Å². The zero-order valence-corrected chi connectivity index (χ0v) is 28.0. The second kappa shape index (κ2) is 15.4. The maximum absolute atomic E-state index is 12.1. The fraction of sp³-hybridized carbons (Fsp3) is 0.421. The van der Waals surface area contributed by atoms with Crippen molar-refractivity contribution in [3.05, 3.63) is 83.4 Å². The Hall–Kier alpha value is -4.50. The highest BCUT2D eigenvalue weighted by atomic mass is 16.7. The molecule has 1 atom stereocenters. The van der Waals surface area contributed by atoms with Gasteiger partial charge in [0.25, 0.3) is 0 Å². The van der Waals surface area contributed by atoms with Crippen LogP contribution in [0, 0.1) is 5.41 Å². The van der Waals surface area contributed by atoms with Crippen LogP contribution in [0.2, 0.25) is 0 Å². The monoisotopic (exact) mass is 643 g/mol. The van der Waals surface area contributed by atoms with Crippen molar-refractivity contribution in [2.75, 3.05) is 39.8 Å². The molecular weight excluding hydrogens is 598 g/mol. The van der Waals surface area contributed by atoms with Crippen LogP contribution in [0.4, 0.5) is 0 Å². The number of allylic oxidation sites excluding steroid dienone is 1. The number of ether oxygens (including phenoxy) is 6. The van der Waals surface area contributed by atoms with E-state index in [1.807, 2.05) is 60.7 Å². The van der Waals surface area contributed by atoms with Gasteiger partial charge in [-0.1, -0.05) is 37.3 Å². The van der Waals surface area contributed by atoms with Crippen LogP contribution in [0.3, 0.4) is 0 Å². The van der Waals surface area contributed by atoms with E-state index in [9.17, 15) is 9.59 Å². The van der Waals surface area contributed by atoms with Gasteiger partial charge in [-0.25, -0.2) is 0 Å². The SMILES string of the molecule is CCC(=C(c1ccc(OCOC(=O)C(C)(C)C)cc1)c1ccc(OCC(CN2CCCC2)OC(C)=O)cc1)c1ccc2c(c1)OCO2. The molecule has 2 aliphatic rings. The maximum atomic E-state index is 12.1. The van der Waals surface area contributed by atoms with Gasteiger partial charge in [0.2, 0.25) is 13.6 Å². The Kier molecular flexibility index (Phi) is 11.1. The highest BCUT2D eigenvalue weighted by molar-refractivity contribution is 5.99. The minimum absolute atomic E-state index is 0.159. The molecule has 250 valence electrons. The van der Waals surface area contributed by atoms with Crippen molar-refractivity contribution in [1.82, 2.24) is 4.90 Å². The minimum Gasteiger partial charge on any atom is -0.490 e. The topological polar surface area (TPSA) is 92.8 Å². The first-order chi connectivity index (χ1) is 22.6. The summed E-state index contributed by atoms with van der Waals surface area (Å²) < 4.78 is 34.0. The third kappa shape index (κ3) is 9.07. The number of hydrogen-bond acceptors (Lipinski definition) is 9. The number of hydrogen-bond donors (Lipinski definition) is 0. The molecule has 1 fully saturated rings. The van der Waals surface area contributed by atoms with E-state index in [1.165, 1.54) is 19.8 Å². The Morgan fingerprint density at radius 1 is 0.830 bits per heavy atom. The highest BCUT2D eigenvalue weighted by Crippen LogP contribution is 2.40. The summed E-state index contributed by atoms with van der Waals surface area (Å²) in [6, 6.07) is 21.8. The lowest BCUT2D eigenvalue weighted by atomic mass is 9.88. The first-order valence-corrected chi connectivity index (χ1v) is 16.3. The lowest BCUT2D eigenvalue weighted by molar-refractivity contribution is -0.159. The molecular formula is C38H45NO8. The van der Waals surface area contributed by atoms with Gasteiger partial charge in [-0.05, 0) is 117 Å². The lowest BCUT2D eigenvalue weighted by Gasteiger charge is -2.23. The van der Waals surface area contributed by atoms with Crippen molar-refractivity contribution >= 4 is 23.1 Å². The zero-order valence-electron chi connectivity index (χ0n) is 28.0. The number of carbonyl (C=O) groups is 2. The summed E-state index contributed by atoms with van der Waals surface area (Å²) in [7, 11) is 0. The van der Waals surface area contributed by atoms with E-state index >= 15 is 0 Å². The third-order valence-electron chi connectivity index (χ3n) is 8.12. The van der Waals surface area contributed by atoms with E-state index in [0.717, 1.165) is 58.8 Å². The molecule has 47 heavy (non-hydrogen) atoms. The van der Waals surface area contributed by atoms with Crippen LogP contribution in [0.5, 0.6) is 23.0 Å². The predicted molar refractivity (Wildman–Crippen MR) is 179 cm³/mol. The summed E-state index contributed by atoms with van der Waals surface area (Å²) in [4.78, 5) is 26.2. The van der Waals surface area contributed by atoms with Crippen LogP contribution in [-0.2, 0) is 19.1 Å². The molecule has 1 unspecified atom stereocenters. The molecule has 2 aliphatic heterocycles. The molecule has 0 spiro atoms. The zero-order chi connectivity index (χ0) is 33.4. The predicted octanol–water partition coefficient (Wildman–Crippen LogP) is 7.12. The normalized spacial score (nSPS) is 15.5.